The van der Waals surface area contributed by atoms with E-state index in [0.717, 1.165) is 50.4 Å². The molecule has 1 aliphatic heterocycles. The number of H-pyrrole nitrogens is 1. The molecule has 1 aliphatic carbocycles. The lowest BCUT2D eigenvalue weighted by atomic mass is 9.73. The van der Waals surface area contributed by atoms with Gasteiger partial charge in [-0.05, 0) is 41.9 Å². The van der Waals surface area contributed by atoms with Crippen LogP contribution in [-0.4, -0.2) is 38.2 Å². The Hall–Kier alpha value is -3.50. The summed E-state index contributed by atoms with van der Waals surface area (Å²) in [4.78, 5) is 15.3. The first kappa shape index (κ1) is 23.9. The average molecular weight is 526 g/mol. The Labute approximate surface area is 215 Å². The van der Waals surface area contributed by atoms with Crippen LogP contribution in [0.25, 0.3) is 16.7 Å². The minimum atomic E-state index is -4.54. The van der Waals surface area contributed by atoms with Gasteiger partial charge in [0.1, 0.15) is 17.0 Å². The maximum atomic E-state index is 13.0. The number of aromatic amines is 1. The number of fused-ring (bicyclic) bond motifs is 2. The van der Waals surface area contributed by atoms with E-state index in [2.05, 4.69) is 49.8 Å². The summed E-state index contributed by atoms with van der Waals surface area (Å²) in [6, 6.07) is 9.29. The Bertz CT molecular complexity index is 1520. The van der Waals surface area contributed by atoms with Crippen molar-refractivity contribution < 1.29 is 13.2 Å². The number of benzene rings is 1. The molecular formula is C26H23ClF3N7. The molecule has 3 aromatic heterocycles. The second-order valence-corrected chi connectivity index (χ2v) is 10.1. The number of hydrogen-bond donors (Lipinski definition) is 2. The van der Waals surface area contributed by atoms with E-state index in [1.54, 1.807) is 6.20 Å². The van der Waals surface area contributed by atoms with Gasteiger partial charge in [0.2, 0.25) is 0 Å². The van der Waals surface area contributed by atoms with Crippen LogP contribution >= 0.6 is 11.6 Å². The van der Waals surface area contributed by atoms with Crippen molar-refractivity contribution >= 4 is 34.2 Å². The van der Waals surface area contributed by atoms with Crippen molar-refractivity contribution in [1.29, 1.82) is 0 Å². The van der Waals surface area contributed by atoms with Crippen molar-refractivity contribution in [3.63, 3.8) is 0 Å². The number of halogens is 4. The Morgan fingerprint density at radius 3 is 2.59 bits per heavy atom. The van der Waals surface area contributed by atoms with Crippen LogP contribution in [0, 0.1) is 5.41 Å². The van der Waals surface area contributed by atoms with Crippen LogP contribution in [0.2, 0.25) is 5.02 Å². The molecule has 7 nitrogen and oxygen atoms in total. The second kappa shape index (κ2) is 8.53. The smallest absolute Gasteiger partial charge is 0.355 e. The van der Waals surface area contributed by atoms with Crippen LogP contribution in [-0.2, 0) is 12.6 Å². The Kier molecular flexibility index (Phi) is 5.50. The second-order valence-electron chi connectivity index (χ2n) is 9.73. The molecule has 0 bridgehead atoms. The van der Waals surface area contributed by atoms with E-state index in [1.807, 2.05) is 6.07 Å². The molecule has 0 saturated carbocycles. The lowest BCUT2D eigenvalue weighted by Gasteiger charge is -2.42. The van der Waals surface area contributed by atoms with Gasteiger partial charge >= 0.3 is 6.18 Å². The number of piperidine rings is 1. The van der Waals surface area contributed by atoms with Gasteiger partial charge in [0.05, 0.1) is 22.5 Å². The van der Waals surface area contributed by atoms with Gasteiger partial charge in [-0.3, -0.25) is 10.1 Å². The zero-order valence-electron chi connectivity index (χ0n) is 19.7. The SMILES string of the molecule is C=C(c1ncc(C(F)(F)F)cc1Cl)c1n[nH]c2nc(N3CCC4(CC3)Cc3ccccc3[C@H]4N)cnc12. The van der Waals surface area contributed by atoms with Crippen molar-refractivity contribution in [1.82, 2.24) is 25.1 Å². The molecular weight excluding hydrogens is 503 g/mol. The van der Waals surface area contributed by atoms with Crippen molar-refractivity contribution in [3.8, 4) is 0 Å². The Morgan fingerprint density at radius 2 is 1.89 bits per heavy atom. The molecule has 1 fully saturated rings. The molecule has 0 unspecified atom stereocenters. The molecule has 37 heavy (non-hydrogen) atoms. The molecule has 1 saturated heterocycles. The lowest BCUT2D eigenvalue weighted by molar-refractivity contribution is -0.137. The van der Waals surface area contributed by atoms with Gasteiger partial charge in [-0.2, -0.15) is 18.3 Å². The summed E-state index contributed by atoms with van der Waals surface area (Å²) in [5.74, 6) is 0.720. The maximum absolute atomic E-state index is 13.0. The monoisotopic (exact) mass is 525 g/mol. The summed E-state index contributed by atoms with van der Waals surface area (Å²) < 4.78 is 38.9. The van der Waals surface area contributed by atoms with Crippen LogP contribution in [0.15, 0.2) is 49.3 Å². The fraction of sp³-hybridized carbons (Fsp3) is 0.308. The number of rotatable bonds is 3. The van der Waals surface area contributed by atoms with Gasteiger partial charge in [0.25, 0.3) is 0 Å². The van der Waals surface area contributed by atoms with E-state index in [1.165, 1.54) is 11.1 Å². The minimum absolute atomic E-state index is 0.0335. The summed E-state index contributed by atoms with van der Waals surface area (Å²) in [5, 5.41) is 6.94. The Morgan fingerprint density at radius 1 is 1.14 bits per heavy atom. The van der Waals surface area contributed by atoms with Crippen molar-refractivity contribution in [3.05, 3.63) is 82.4 Å². The molecule has 0 radical (unpaired) electrons. The number of nitrogens with two attached hydrogens (primary N) is 1. The largest absolute Gasteiger partial charge is 0.417 e. The fourth-order valence-corrected chi connectivity index (χ4v) is 5.85. The molecule has 4 heterocycles. The van der Waals surface area contributed by atoms with Gasteiger partial charge in [-0.15, -0.1) is 0 Å². The van der Waals surface area contributed by atoms with Crippen LogP contribution in [0.3, 0.4) is 0 Å². The van der Waals surface area contributed by atoms with Gasteiger partial charge < -0.3 is 10.6 Å². The standard InChI is InChI=1S/C26H23ClF3N7/c1-14(20-18(27)10-16(12-32-20)26(28,29)30)21-22-24(36-35-21)34-19(13-33-22)37-8-6-25(7-9-37)11-15-4-2-3-5-17(15)23(25)31/h2-5,10,12-13,23H,1,6-9,11,31H2,(H,34,35,36)/t23-/m1/s1. The molecule has 2 aliphatic rings. The van der Waals surface area contributed by atoms with Gasteiger partial charge in [-0.1, -0.05) is 42.4 Å². The lowest BCUT2D eigenvalue weighted by Crippen LogP contribution is -2.44. The van der Waals surface area contributed by atoms with E-state index in [9.17, 15) is 13.2 Å². The molecule has 6 rings (SSSR count). The highest BCUT2D eigenvalue weighted by Crippen LogP contribution is 2.51. The summed E-state index contributed by atoms with van der Waals surface area (Å²) in [7, 11) is 0. The normalized spacial score (nSPS) is 18.9. The van der Waals surface area contributed by atoms with E-state index in [0.29, 0.717) is 16.9 Å². The number of pyridine rings is 1. The zero-order valence-corrected chi connectivity index (χ0v) is 20.4. The first-order chi connectivity index (χ1) is 17.7. The number of nitrogens with zero attached hydrogens (tertiary/aromatic N) is 5. The highest BCUT2D eigenvalue weighted by Gasteiger charge is 2.46. The first-order valence-corrected chi connectivity index (χ1v) is 12.3. The van der Waals surface area contributed by atoms with Crippen molar-refractivity contribution in [2.45, 2.75) is 31.5 Å². The van der Waals surface area contributed by atoms with Gasteiger partial charge in [0.15, 0.2) is 5.65 Å². The highest BCUT2D eigenvalue weighted by atomic mass is 35.5. The van der Waals surface area contributed by atoms with Crippen molar-refractivity contribution in [2.24, 2.45) is 11.1 Å². The van der Waals surface area contributed by atoms with E-state index >= 15 is 0 Å². The quantitative estimate of drug-likeness (QED) is 0.375. The highest BCUT2D eigenvalue weighted by molar-refractivity contribution is 6.32. The third-order valence-electron chi connectivity index (χ3n) is 7.67. The summed E-state index contributed by atoms with van der Waals surface area (Å²) in [6.07, 6.45) is 0.756. The first-order valence-electron chi connectivity index (χ1n) is 11.9. The number of aromatic nitrogens is 5. The summed E-state index contributed by atoms with van der Waals surface area (Å²) in [5.41, 5.74) is 9.99. The van der Waals surface area contributed by atoms with Crippen LogP contribution in [0.5, 0.6) is 0 Å². The fourth-order valence-electron chi connectivity index (χ4n) is 5.57. The molecule has 1 aromatic carbocycles. The number of alkyl halides is 3. The topological polar surface area (TPSA) is 96.6 Å². The Balaban J connectivity index is 1.21. The summed E-state index contributed by atoms with van der Waals surface area (Å²) >= 11 is 6.10. The number of hydrogen-bond acceptors (Lipinski definition) is 6. The van der Waals surface area contributed by atoms with E-state index in [4.69, 9.17) is 22.3 Å². The van der Waals surface area contributed by atoms with E-state index in [-0.39, 0.29) is 27.7 Å². The summed E-state index contributed by atoms with van der Waals surface area (Å²) in [6.45, 7) is 5.56. The van der Waals surface area contributed by atoms with Crippen LogP contribution in [0.4, 0.5) is 19.0 Å². The predicted octanol–water partition coefficient (Wildman–Crippen LogP) is 5.32. The van der Waals surface area contributed by atoms with Crippen molar-refractivity contribution in [2.75, 3.05) is 18.0 Å². The third-order valence-corrected chi connectivity index (χ3v) is 7.96. The zero-order chi connectivity index (χ0) is 25.9. The molecule has 4 aromatic rings. The van der Waals surface area contributed by atoms with E-state index < -0.39 is 11.7 Å². The maximum Gasteiger partial charge on any atom is 0.417 e. The van der Waals surface area contributed by atoms with Gasteiger partial charge in [-0.25, -0.2) is 9.97 Å². The number of nitrogens with one attached hydrogen (secondary N) is 1. The average Bonchev–Trinajstić information content (AvgIpc) is 3.42. The molecule has 11 heteroatoms. The number of anilines is 1. The van der Waals surface area contributed by atoms with Crippen LogP contribution in [0.1, 0.15) is 47.0 Å². The third kappa shape index (κ3) is 3.95. The minimum Gasteiger partial charge on any atom is -0.355 e. The molecule has 3 N–H and O–H groups in total. The molecule has 190 valence electrons. The van der Waals surface area contributed by atoms with Gasteiger partial charge in [0, 0.05) is 30.9 Å². The van der Waals surface area contributed by atoms with Crippen LogP contribution < -0.4 is 10.6 Å². The molecule has 1 spiro atoms. The predicted molar refractivity (Wildman–Crippen MR) is 135 cm³/mol. The molecule has 1 atom stereocenters. The molecule has 0 amide bonds.